The van der Waals surface area contributed by atoms with Crippen LogP contribution in [0.2, 0.25) is 0 Å². The van der Waals surface area contributed by atoms with E-state index in [2.05, 4.69) is 10.4 Å². The predicted molar refractivity (Wildman–Crippen MR) is 84.4 cm³/mol. The van der Waals surface area contributed by atoms with Crippen molar-refractivity contribution in [2.45, 2.75) is 25.3 Å². The number of aliphatic hydroxyl groups is 1. The molecule has 0 atom stereocenters. The SMILES string of the molecule is Cc1nn(C)c(C)c1NC(=O)CSc1ccc(CO)cc1. The van der Waals surface area contributed by atoms with Crippen LogP contribution < -0.4 is 5.32 Å². The number of aryl methyl sites for hydroxylation is 2. The molecule has 112 valence electrons. The number of nitrogens with zero attached hydrogens (tertiary/aromatic N) is 2. The van der Waals surface area contributed by atoms with Crippen LogP contribution in [0, 0.1) is 13.8 Å². The largest absolute Gasteiger partial charge is 0.392 e. The third-order valence-corrected chi connectivity index (χ3v) is 4.26. The number of nitrogens with one attached hydrogen (secondary N) is 1. The second kappa shape index (κ2) is 6.78. The van der Waals surface area contributed by atoms with Crippen molar-refractivity contribution in [1.29, 1.82) is 0 Å². The Morgan fingerprint density at radius 3 is 2.52 bits per heavy atom. The van der Waals surface area contributed by atoms with E-state index in [1.54, 1.807) is 4.68 Å². The Labute approximate surface area is 128 Å². The van der Waals surface area contributed by atoms with E-state index in [1.807, 2.05) is 45.2 Å². The van der Waals surface area contributed by atoms with Crippen molar-refractivity contribution < 1.29 is 9.90 Å². The van der Waals surface area contributed by atoms with Gasteiger partial charge in [-0.25, -0.2) is 0 Å². The third-order valence-electron chi connectivity index (χ3n) is 3.25. The van der Waals surface area contributed by atoms with Crippen LogP contribution in [-0.4, -0.2) is 26.5 Å². The van der Waals surface area contributed by atoms with E-state index in [9.17, 15) is 4.79 Å². The number of aromatic nitrogens is 2. The average Bonchev–Trinajstić information content (AvgIpc) is 2.72. The standard InChI is InChI=1S/C15H19N3O2S/c1-10-15(11(2)18(3)17-10)16-14(20)9-21-13-6-4-12(8-19)5-7-13/h4-7,19H,8-9H2,1-3H3,(H,16,20). The van der Waals surface area contributed by atoms with Gasteiger partial charge in [-0.2, -0.15) is 5.10 Å². The van der Waals surface area contributed by atoms with E-state index >= 15 is 0 Å². The molecule has 0 aliphatic heterocycles. The van der Waals surface area contributed by atoms with E-state index in [0.717, 1.165) is 27.5 Å². The zero-order valence-electron chi connectivity index (χ0n) is 12.4. The molecule has 1 aromatic carbocycles. The van der Waals surface area contributed by atoms with Gasteiger partial charge in [0.2, 0.25) is 5.91 Å². The van der Waals surface area contributed by atoms with Gasteiger partial charge < -0.3 is 10.4 Å². The van der Waals surface area contributed by atoms with Crippen LogP contribution >= 0.6 is 11.8 Å². The molecule has 1 amide bonds. The van der Waals surface area contributed by atoms with Crippen LogP contribution in [0.5, 0.6) is 0 Å². The van der Waals surface area contributed by atoms with Gasteiger partial charge in [0.15, 0.2) is 0 Å². The lowest BCUT2D eigenvalue weighted by molar-refractivity contribution is -0.113. The van der Waals surface area contributed by atoms with Crippen molar-refractivity contribution in [3.8, 4) is 0 Å². The Bertz CT molecular complexity index is 635. The predicted octanol–water partition coefficient (Wildman–Crippen LogP) is 2.26. The molecule has 21 heavy (non-hydrogen) atoms. The molecule has 2 aromatic rings. The van der Waals surface area contributed by atoms with Crippen LogP contribution in [0.25, 0.3) is 0 Å². The maximum atomic E-state index is 12.0. The lowest BCUT2D eigenvalue weighted by atomic mass is 10.2. The fraction of sp³-hybridized carbons (Fsp3) is 0.333. The highest BCUT2D eigenvalue weighted by Gasteiger charge is 2.12. The molecule has 0 spiro atoms. The molecule has 0 saturated carbocycles. The van der Waals surface area contributed by atoms with Crippen molar-refractivity contribution in [2.75, 3.05) is 11.1 Å². The molecule has 0 fully saturated rings. The van der Waals surface area contributed by atoms with Crippen molar-refractivity contribution in [1.82, 2.24) is 9.78 Å². The fourth-order valence-corrected chi connectivity index (χ4v) is 2.67. The Morgan fingerprint density at radius 1 is 1.33 bits per heavy atom. The average molecular weight is 305 g/mol. The van der Waals surface area contributed by atoms with Crippen LogP contribution in [0.15, 0.2) is 29.2 Å². The highest BCUT2D eigenvalue weighted by molar-refractivity contribution is 8.00. The molecule has 0 aliphatic rings. The molecule has 2 N–H and O–H groups in total. The topological polar surface area (TPSA) is 67.2 Å². The Kier molecular flexibility index (Phi) is 5.03. The first-order chi connectivity index (χ1) is 10.0. The van der Waals surface area contributed by atoms with Crippen LogP contribution in [0.3, 0.4) is 0 Å². The molecule has 0 unspecified atom stereocenters. The molecule has 5 nitrogen and oxygen atoms in total. The number of carbonyl (C=O) groups excluding carboxylic acids is 1. The first kappa shape index (κ1) is 15.6. The minimum Gasteiger partial charge on any atom is -0.392 e. The summed E-state index contributed by atoms with van der Waals surface area (Å²) in [6, 6.07) is 7.53. The molecule has 1 heterocycles. The fourth-order valence-electron chi connectivity index (χ4n) is 1.97. The maximum absolute atomic E-state index is 12.0. The molecular formula is C15H19N3O2S. The number of carbonyl (C=O) groups is 1. The first-order valence-corrected chi connectivity index (χ1v) is 7.62. The number of rotatable bonds is 5. The van der Waals surface area contributed by atoms with Gasteiger partial charge in [-0.15, -0.1) is 11.8 Å². The van der Waals surface area contributed by atoms with Gasteiger partial charge in [0.05, 0.1) is 29.4 Å². The number of hydrogen-bond acceptors (Lipinski definition) is 4. The summed E-state index contributed by atoms with van der Waals surface area (Å²) in [4.78, 5) is 13.0. The van der Waals surface area contributed by atoms with E-state index in [-0.39, 0.29) is 12.5 Å². The number of aliphatic hydroxyl groups excluding tert-OH is 1. The van der Waals surface area contributed by atoms with Crippen molar-refractivity contribution in [2.24, 2.45) is 7.05 Å². The lowest BCUT2D eigenvalue weighted by Crippen LogP contribution is -2.15. The molecule has 0 radical (unpaired) electrons. The lowest BCUT2D eigenvalue weighted by Gasteiger charge is -2.06. The van der Waals surface area contributed by atoms with E-state index < -0.39 is 0 Å². The molecule has 1 aromatic heterocycles. The van der Waals surface area contributed by atoms with Crippen molar-refractivity contribution in [3.63, 3.8) is 0 Å². The summed E-state index contributed by atoms with van der Waals surface area (Å²) in [6.07, 6.45) is 0. The number of hydrogen-bond donors (Lipinski definition) is 2. The van der Waals surface area contributed by atoms with Crippen LogP contribution in [-0.2, 0) is 18.4 Å². The zero-order valence-corrected chi connectivity index (χ0v) is 13.2. The molecule has 2 rings (SSSR count). The van der Waals surface area contributed by atoms with Crippen LogP contribution in [0.1, 0.15) is 17.0 Å². The molecule has 6 heteroatoms. The summed E-state index contributed by atoms with van der Waals surface area (Å²) in [7, 11) is 1.86. The van der Waals surface area contributed by atoms with Gasteiger partial charge in [0, 0.05) is 11.9 Å². The molecule has 0 saturated heterocycles. The van der Waals surface area contributed by atoms with Gasteiger partial charge in [-0.1, -0.05) is 12.1 Å². The number of thioether (sulfide) groups is 1. The van der Waals surface area contributed by atoms with Crippen LogP contribution in [0.4, 0.5) is 5.69 Å². The summed E-state index contributed by atoms with van der Waals surface area (Å²) in [5, 5.41) is 16.2. The summed E-state index contributed by atoms with van der Waals surface area (Å²) >= 11 is 1.46. The maximum Gasteiger partial charge on any atom is 0.234 e. The highest BCUT2D eigenvalue weighted by atomic mass is 32.2. The quantitative estimate of drug-likeness (QED) is 0.832. The Morgan fingerprint density at radius 2 is 2.00 bits per heavy atom. The minimum absolute atomic E-state index is 0.0327. The highest BCUT2D eigenvalue weighted by Crippen LogP contribution is 2.21. The summed E-state index contributed by atoms with van der Waals surface area (Å²) in [5.74, 6) is 0.289. The molecule has 0 aliphatic carbocycles. The second-order valence-electron chi connectivity index (χ2n) is 4.81. The van der Waals surface area contributed by atoms with Gasteiger partial charge in [-0.05, 0) is 31.5 Å². The third kappa shape index (κ3) is 3.86. The first-order valence-electron chi connectivity index (χ1n) is 6.64. The smallest absolute Gasteiger partial charge is 0.234 e. The van der Waals surface area contributed by atoms with Crippen molar-refractivity contribution in [3.05, 3.63) is 41.2 Å². The number of benzene rings is 1. The monoisotopic (exact) mass is 305 g/mol. The van der Waals surface area contributed by atoms with E-state index in [1.165, 1.54) is 11.8 Å². The molecular weight excluding hydrogens is 286 g/mol. The molecule has 0 bridgehead atoms. The second-order valence-corrected chi connectivity index (χ2v) is 5.86. The van der Waals surface area contributed by atoms with Crippen molar-refractivity contribution >= 4 is 23.4 Å². The summed E-state index contributed by atoms with van der Waals surface area (Å²) in [6.45, 7) is 3.84. The normalized spacial score (nSPS) is 10.7. The Balaban J connectivity index is 1.92. The van der Waals surface area contributed by atoms with Gasteiger partial charge >= 0.3 is 0 Å². The Hall–Kier alpha value is -1.79. The minimum atomic E-state index is -0.0505. The van der Waals surface area contributed by atoms with Gasteiger partial charge in [0.25, 0.3) is 0 Å². The van der Waals surface area contributed by atoms with E-state index in [0.29, 0.717) is 5.75 Å². The number of amides is 1. The van der Waals surface area contributed by atoms with Gasteiger partial charge in [0.1, 0.15) is 0 Å². The summed E-state index contributed by atoms with van der Waals surface area (Å²) < 4.78 is 1.76. The summed E-state index contributed by atoms with van der Waals surface area (Å²) in [5.41, 5.74) is 3.42. The zero-order chi connectivity index (χ0) is 15.4. The van der Waals surface area contributed by atoms with Gasteiger partial charge in [-0.3, -0.25) is 9.48 Å². The number of anilines is 1. The van der Waals surface area contributed by atoms with E-state index in [4.69, 9.17) is 5.11 Å².